The first-order valence-corrected chi connectivity index (χ1v) is 18.1. The predicted octanol–water partition coefficient (Wildman–Crippen LogP) is 3.67. The number of aromatic nitrogens is 4. The number of anilines is 4. The summed E-state index contributed by atoms with van der Waals surface area (Å²) in [5.41, 5.74) is 6.18. The average Bonchev–Trinajstić information content (AvgIpc) is 3.18. The summed E-state index contributed by atoms with van der Waals surface area (Å²) in [6, 6.07) is 7.27. The number of benzene rings is 2. The molecule has 54 heavy (non-hydrogen) atoms. The highest BCUT2D eigenvalue weighted by Gasteiger charge is 2.43. The van der Waals surface area contributed by atoms with Crippen LogP contribution in [0.1, 0.15) is 34.1 Å². The topological polar surface area (TPSA) is 174 Å². The Hall–Kier alpha value is -5.54. The minimum atomic E-state index is -0.769. The standard InChI is InChI=1S/C38H52N10O6/c1-37(2,33(49)45-10-14-47(15-11-45)35-41-25-20-29(53-8)27(51-6)18-23(25)31(39)43-35)22-38(3,4)34(50)46-12-16-48(17-13-46)36-42-26-21-30(54-9)28(52-7)19-24(26)32(40-5)44-36/h18-21H,10-17,22H2,1-9H3,(H2,39,41,43)(H,40,42,44). The van der Waals surface area contributed by atoms with Gasteiger partial charge in [0.15, 0.2) is 23.0 Å². The lowest BCUT2D eigenvalue weighted by atomic mass is 9.73. The van der Waals surface area contributed by atoms with Gasteiger partial charge in [0.1, 0.15) is 11.6 Å². The number of nitrogens with two attached hydrogens (primary N) is 1. The fraction of sp³-hybridized carbons (Fsp3) is 0.526. The number of fused-ring (bicyclic) bond motifs is 2. The minimum absolute atomic E-state index is 0.0201. The van der Waals surface area contributed by atoms with E-state index in [1.165, 1.54) is 0 Å². The van der Waals surface area contributed by atoms with Gasteiger partial charge in [0.05, 0.1) is 39.5 Å². The fourth-order valence-electron chi connectivity index (χ4n) is 7.71. The molecular formula is C38H52N10O6. The Labute approximate surface area is 315 Å². The average molecular weight is 745 g/mol. The van der Waals surface area contributed by atoms with Crippen molar-refractivity contribution < 1.29 is 28.5 Å². The zero-order valence-corrected chi connectivity index (χ0v) is 32.8. The van der Waals surface area contributed by atoms with Gasteiger partial charge in [-0.15, -0.1) is 0 Å². The number of piperazine rings is 2. The second-order valence-corrected chi connectivity index (χ2v) is 15.0. The van der Waals surface area contributed by atoms with E-state index in [2.05, 4.69) is 15.2 Å². The normalized spacial score (nSPS) is 15.4. The third kappa shape index (κ3) is 7.33. The lowest BCUT2D eigenvalue weighted by Gasteiger charge is -2.43. The van der Waals surface area contributed by atoms with Crippen molar-refractivity contribution in [2.24, 2.45) is 10.8 Å². The zero-order valence-electron chi connectivity index (χ0n) is 32.8. The van der Waals surface area contributed by atoms with E-state index < -0.39 is 10.8 Å². The lowest BCUT2D eigenvalue weighted by molar-refractivity contribution is -0.148. The first-order chi connectivity index (χ1) is 25.7. The molecule has 0 atom stereocenters. The zero-order chi connectivity index (χ0) is 38.9. The van der Waals surface area contributed by atoms with E-state index >= 15 is 0 Å². The van der Waals surface area contributed by atoms with Crippen molar-refractivity contribution >= 4 is 57.2 Å². The van der Waals surface area contributed by atoms with Gasteiger partial charge in [-0.3, -0.25) is 9.59 Å². The molecule has 2 aliphatic rings. The summed E-state index contributed by atoms with van der Waals surface area (Å²) in [6.45, 7) is 12.0. The third-order valence-corrected chi connectivity index (χ3v) is 10.4. The van der Waals surface area contributed by atoms with Crippen molar-refractivity contribution in [2.45, 2.75) is 34.1 Å². The number of nitrogens with zero attached hydrogens (tertiary/aromatic N) is 8. The summed E-state index contributed by atoms with van der Waals surface area (Å²) in [5.74, 6) is 4.44. The first kappa shape index (κ1) is 38.2. The van der Waals surface area contributed by atoms with Crippen LogP contribution in [-0.4, -0.2) is 129 Å². The van der Waals surface area contributed by atoms with E-state index in [4.69, 9.17) is 39.6 Å². The van der Waals surface area contributed by atoms with E-state index in [1.807, 2.05) is 61.6 Å². The Kier molecular flexibility index (Phi) is 10.7. The summed E-state index contributed by atoms with van der Waals surface area (Å²) < 4.78 is 21.8. The maximum Gasteiger partial charge on any atom is 0.228 e. The van der Waals surface area contributed by atoms with Gasteiger partial charge >= 0.3 is 0 Å². The fourth-order valence-corrected chi connectivity index (χ4v) is 7.71. The van der Waals surface area contributed by atoms with E-state index in [1.54, 1.807) is 40.6 Å². The molecule has 290 valence electrons. The molecule has 0 aliphatic carbocycles. The van der Waals surface area contributed by atoms with Crippen LogP contribution in [0.4, 0.5) is 23.5 Å². The quantitative estimate of drug-likeness (QED) is 0.228. The Bertz CT molecular complexity index is 2040. The van der Waals surface area contributed by atoms with Crippen LogP contribution in [0.3, 0.4) is 0 Å². The molecule has 0 bridgehead atoms. The Morgan fingerprint density at radius 3 is 1.44 bits per heavy atom. The van der Waals surface area contributed by atoms with Crippen LogP contribution in [0.2, 0.25) is 0 Å². The SMILES string of the molecule is CNc1nc(N2CCN(C(=O)C(C)(C)CC(C)(C)C(=O)N3CCN(c4nc(N)c5cc(OC)c(OC)cc5n4)CC3)CC2)nc2cc(OC)c(OC)cc12. The first-order valence-electron chi connectivity index (χ1n) is 18.1. The molecule has 4 heterocycles. The Morgan fingerprint density at radius 2 is 1.02 bits per heavy atom. The van der Waals surface area contributed by atoms with Crippen LogP contribution in [0.25, 0.3) is 21.8 Å². The van der Waals surface area contributed by atoms with Gasteiger partial charge in [0.2, 0.25) is 23.7 Å². The van der Waals surface area contributed by atoms with Gasteiger partial charge in [-0.2, -0.15) is 9.97 Å². The van der Waals surface area contributed by atoms with E-state index in [0.29, 0.717) is 116 Å². The molecule has 2 aromatic heterocycles. The van der Waals surface area contributed by atoms with Crippen molar-refractivity contribution in [3.8, 4) is 23.0 Å². The van der Waals surface area contributed by atoms with E-state index in [0.717, 1.165) is 10.9 Å². The Morgan fingerprint density at radius 1 is 0.630 bits per heavy atom. The van der Waals surface area contributed by atoms with Crippen LogP contribution in [0.15, 0.2) is 24.3 Å². The summed E-state index contributed by atoms with van der Waals surface area (Å²) in [5, 5.41) is 4.67. The maximum atomic E-state index is 14.0. The van der Waals surface area contributed by atoms with Crippen LogP contribution in [0.5, 0.6) is 23.0 Å². The molecule has 0 unspecified atom stereocenters. The molecule has 2 aromatic carbocycles. The number of nitrogen functional groups attached to an aromatic ring is 1. The van der Waals surface area contributed by atoms with Crippen LogP contribution < -0.4 is 39.8 Å². The van der Waals surface area contributed by atoms with E-state index in [9.17, 15) is 9.59 Å². The molecule has 0 saturated carbocycles. The van der Waals surface area contributed by atoms with E-state index in [-0.39, 0.29) is 11.8 Å². The number of amides is 2. The molecule has 0 radical (unpaired) electrons. The highest BCUT2D eigenvalue weighted by atomic mass is 16.5. The van der Waals surface area contributed by atoms with Crippen LogP contribution in [0, 0.1) is 10.8 Å². The van der Waals surface area contributed by atoms with Crippen molar-refractivity contribution in [3.63, 3.8) is 0 Å². The maximum absolute atomic E-state index is 14.0. The van der Waals surface area contributed by atoms with Gasteiger partial charge in [0, 0.05) is 93.1 Å². The molecule has 2 fully saturated rings. The molecule has 3 N–H and O–H groups in total. The summed E-state index contributed by atoms with van der Waals surface area (Å²) in [7, 11) is 8.15. The van der Waals surface area contributed by atoms with Gasteiger partial charge in [-0.1, -0.05) is 27.7 Å². The monoisotopic (exact) mass is 744 g/mol. The number of carbonyl (C=O) groups is 2. The Balaban J connectivity index is 1.06. The number of hydrogen-bond donors (Lipinski definition) is 2. The smallest absolute Gasteiger partial charge is 0.228 e. The summed E-state index contributed by atoms with van der Waals surface area (Å²) >= 11 is 0. The second kappa shape index (κ2) is 15.1. The third-order valence-electron chi connectivity index (χ3n) is 10.4. The number of ether oxygens (including phenoxy) is 4. The molecular weight excluding hydrogens is 692 g/mol. The summed E-state index contributed by atoms with van der Waals surface area (Å²) in [6.07, 6.45) is 0.401. The van der Waals surface area contributed by atoms with Crippen molar-refractivity contribution in [3.05, 3.63) is 24.3 Å². The number of rotatable bonds is 11. The van der Waals surface area contributed by atoms with Gasteiger partial charge in [-0.05, 0) is 18.6 Å². The molecule has 16 heteroatoms. The molecule has 6 rings (SSSR count). The van der Waals surface area contributed by atoms with Crippen molar-refractivity contribution in [1.29, 1.82) is 0 Å². The molecule has 2 amide bonds. The lowest BCUT2D eigenvalue weighted by Crippen LogP contribution is -2.55. The molecule has 0 spiro atoms. The largest absolute Gasteiger partial charge is 0.493 e. The van der Waals surface area contributed by atoms with Crippen LogP contribution in [-0.2, 0) is 9.59 Å². The van der Waals surface area contributed by atoms with Gasteiger partial charge < -0.3 is 49.6 Å². The molecule has 16 nitrogen and oxygen atoms in total. The summed E-state index contributed by atoms with van der Waals surface area (Å²) in [4.78, 5) is 54.9. The van der Waals surface area contributed by atoms with Crippen molar-refractivity contribution in [1.82, 2.24) is 29.7 Å². The van der Waals surface area contributed by atoms with Crippen molar-refractivity contribution in [2.75, 3.05) is 109 Å². The molecule has 2 saturated heterocycles. The number of nitrogens with one attached hydrogen (secondary N) is 1. The predicted molar refractivity (Wildman–Crippen MR) is 209 cm³/mol. The molecule has 4 aromatic rings. The molecule has 2 aliphatic heterocycles. The number of carbonyl (C=O) groups excluding carboxylic acids is 2. The second-order valence-electron chi connectivity index (χ2n) is 15.0. The number of methoxy groups -OCH3 is 4. The minimum Gasteiger partial charge on any atom is -0.493 e. The van der Waals surface area contributed by atoms with Crippen LogP contribution >= 0.6 is 0 Å². The number of hydrogen-bond acceptors (Lipinski definition) is 14. The highest BCUT2D eigenvalue weighted by Crippen LogP contribution is 2.39. The van der Waals surface area contributed by atoms with Gasteiger partial charge in [0.25, 0.3) is 0 Å². The highest BCUT2D eigenvalue weighted by molar-refractivity contribution is 5.93. The van der Waals surface area contributed by atoms with Gasteiger partial charge in [-0.25, -0.2) is 9.97 Å².